The van der Waals surface area contributed by atoms with Crippen molar-refractivity contribution in [2.45, 2.75) is 24.3 Å². The molecular weight excluding hydrogens is 206 g/mol. The van der Waals surface area contributed by atoms with E-state index in [1.165, 1.54) is 10.5 Å². The molecule has 0 fully saturated rings. The fourth-order valence-corrected chi connectivity index (χ4v) is 2.41. The van der Waals surface area contributed by atoms with Crippen LogP contribution in [0.1, 0.15) is 12.5 Å². The Hall–Kier alpha value is -0.670. The van der Waals surface area contributed by atoms with Gasteiger partial charge in [-0.15, -0.1) is 0 Å². The molecule has 0 aliphatic carbocycles. The molecule has 3 heteroatoms. The molecule has 1 aromatic rings. The fourth-order valence-electron chi connectivity index (χ4n) is 1.59. The van der Waals surface area contributed by atoms with Gasteiger partial charge in [0, 0.05) is 6.04 Å². The molecule has 1 atom stereocenters. The molecule has 0 aromatic heterocycles. The summed E-state index contributed by atoms with van der Waals surface area (Å²) in [5.74, 6) is 1.81. The quantitative estimate of drug-likeness (QED) is 0.781. The minimum absolute atomic E-state index is 0.579. The monoisotopic (exact) mass is 223 g/mol. The van der Waals surface area contributed by atoms with Crippen LogP contribution in [-0.2, 0) is 6.42 Å². The minimum Gasteiger partial charge on any atom is -0.481 e. The van der Waals surface area contributed by atoms with Gasteiger partial charge < -0.3 is 9.64 Å². The van der Waals surface area contributed by atoms with Gasteiger partial charge in [0.25, 0.3) is 0 Å². The molecule has 0 bridgehead atoms. The molecule has 0 N–H and O–H groups in total. The van der Waals surface area contributed by atoms with Gasteiger partial charge in [0.2, 0.25) is 0 Å². The van der Waals surface area contributed by atoms with E-state index in [9.17, 15) is 0 Å². The molecule has 0 amide bonds. The molecule has 82 valence electrons. The Labute approximate surface area is 95.6 Å². The number of hydrogen-bond donors (Lipinski definition) is 0. The topological polar surface area (TPSA) is 12.5 Å². The van der Waals surface area contributed by atoms with Gasteiger partial charge >= 0.3 is 0 Å². The van der Waals surface area contributed by atoms with Crippen molar-refractivity contribution >= 4 is 11.8 Å². The van der Waals surface area contributed by atoms with Gasteiger partial charge in [-0.2, -0.15) is 0 Å². The number of likely N-dealkylation sites (N-methyl/N-ethyl adjacent to an activating group) is 1. The average Bonchev–Trinajstić information content (AvgIpc) is 2.64. The zero-order chi connectivity index (χ0) is 10.8. The first kappa shape index (κ1) is 10.8. The molecular formula is C12H17NOS. The molecule has 0 saturated heterocycles. The second kappa shape index (κ2) is 4.45. The van der Waals surface area contributed by atoms with Gasteiger partial charge in [0.15, 0.2) is 0 Å². The maximum atomic E-state index is 5.46. The van der Waals surface area contributed by atoms with Crippen molar-refractivity contribution in [2.24, 2.45) is 0 Å². The Morgan fingerprint density at radius 2 is 2.27 bits per heavy atom. The Kier molecular flexibility index (Phi) is 3.22. The molecule has 1 aliphatic rings. The van der Waals surface area contributed by atoms with Crippen LogP contribution in [0.4, 0.5) is 0 Å². The van der Waals surface area contributed by atoms with E-state index in [1.807, 2.05) is 0 Å². The Balaban J connectivity index is 2.10. The third-order valence-electron chi connectivity index (χ3n) is 2.85. The maximum Gasteiger partial charge on any atom is 0.138 e. The highest BCUT2D eigenvalue weighted by Crippen LogP contribution is 2.36. The molecule has 15 heavy (non-hydrogen) atoms. The maximum absolute atomic E-state index is 5.46. The van der Waals surface area contributed by atoms with Crippen molar-refractivity contribution < 1.29 is 4.74 Å². The second-order valence-electron chi connectivity index (χ2n) is 4.20. The highest BCUT2D eigenvalue weighted by Gasteiger charge is 2.14. The molecule has 1 aromatic carbocycles. The van der Waals surface area contributed by atoms with Crippen molar-refractivity contribution in [3.05, 3.63) is 23.8 Å². The summed E-state index contributed by atoms with van der Waals surface area (Å²) in [5, 5.41) is 0. The number of hydrogen-bond acceptors (Lipinski definition) is 3. The van der Waals surface area contributed by atoms with Crippen LogP contribution in [0.15, 0.2) is 23.1 Å². The summed E-state index contributed by atoms with van der Waals surface area (Å²) >= 11 is 1.78. The van der Waals surface area contributed by atoms with Crippen molar-refractivity contribution in [3.63, 3.8) is 0 Å². The van der Waals surface area contributed by atoms with E-state index in [-0.39, 0.29) is 0 Å². The number of nitrogens with zero attached hydrogens (tertiary/aromatic N) is 1. The normalized spacial score (nSPS) is 16.3. The molecule has 2 rings (SSSR count). The standard InChI is InChI=1S/C12H17NOS/c1-9(13(2)3)6-10-4-5-11-12(7-10)15-8-14-11/h4-5,7,9H,6,8H2,1-3H3/t9-/m0/s1. The fraction of sp³-hybridized carbons (Fsp3) is 0.500. The minimum atomic E-state index is 0.579. The van der Waals surface area contributed by atoms with Crippen LogP contribution in [-0.4, -0.2) is 31.0 Å². The summed E-state index contributed by atoms with van der Waals surface area (Å²) in [5.41, 5.74) is 1.40. The second-order valence-corrected chi connectivity index (χ2v) is 5.17. The summed E-state index contributed by atoms with van der Waals surface area (Å²) in [4.78, 5) is 3.54. The van der Waals surface area contributed by atoms with Gasteiger partial charge in [-0.25, -0.2) is 0 Å². The largest absolute Gasteiger partial charge is 0.481 e. The SMILES string of the molecule is C[C@@H](Cc1ccc2c(c1)SCO2)N(C)C. The van der Waals surface area contributed by atoms with Crippen LogP contribution in [0.3, 0.4) is 0 Å². The molecule has 0 unspecified atom stereocenters. The zero-order valence-corrected chi connectivity index (χ0v) is 10.3. The third-order valence-corrected chi connectivity index (χ3v) is 3.72. The van der Waals surface area contributed by atoms with E-state index in [4.69, 9.17) is 4.74 Å². The van der Waals surface area contributed by atoms with Crippen molar-refractivity contribution in [1.29, 1.82) is 0 Å². The van der Waals surface area contributed by atoms with E-state index >= 15 is 0 Å². The van der Waals surface area contributed by atoms with E-state index < -0.39 is 0 Å². The highest BCUT2D eigenvalue weighted by molar-refractivity contribution is 7.99. The zero-order valence-electron chi connectivity index (χ0n) is 9.49. The summed E-state index contributed by atoms with van der Waals surface area (Å²) in [7, 11) is 4.24. The number of fused-ring (bicyclic) bond motifs is 1. The molecule has 2 nitrogen and oxygen atoms in total. The predicted octanol–water partition coefficient (Wildman–Crippen LogP) is 2.62. The lowest BCUT2D eigenvalue weighted by atomic mass is 10.1. The highest BCUT2D eigenvalue weighted by atomic mass is 32.2. The Morgan fingerprint density at radius 1 is 1.47 bits per heavy atom. The molecule has 1 aliphatic heterocycles. The number of benzene rings is 1. The van der Waals surface area contributed by atoms with Crippen molar-refractivity contribution in [2.75, 3.05) is 20.0 Å². The van der Waals surface area contributed by atoms with E-state index in [1.54, 1.807) is 11.8 Å². The van der Waals surface area contributed by atoms with Crippen LogP contribution in [0.5, 0.6) is 5.75 Å². The lowest BCUT2D eigenvalue weighted by Crippen LogP contribution is -2.26. The molecule has 1 heterocycles. The van der Waals surface area contributed by atoms with Crippen LogP contribution in [0.2, 0.25) is 0 Å². The van der Waals surface area contributed by atoms with Gasteiger partial charge in [0.05, 0.1) is 4.90 Å². The first-order valence-electron chi connectivity index (χ1n) is 5.22. The van der Waals surface area contributed by atoms with E-state index in [0.717, 1.165) is 18.1 Å². The molecule has 0 radical (unpaired) electrons. The van der Waals surface area contributed by atoms with Crippen LogP contribution in [0.25, 0.3) is 0 Å². The predicted molar refractivity (Wildman–Crippen MR) is 64.6 cm³/mol. The van der Waals surface area contributed by atoms with Crippen molar-refractivity contribution in [1.82, 2.24) is 4.90 Å². The summed E-state index contributed by atoms with van der Waals surface area (Å²) in [6, 6.07) is 7.10. The van der Waals surface area contributed by atoms with Gasteiger partial charge in [-0.3, -0.25) is 0 Å². The van der Waals surface area contributed by atoms with Crippen LogP contribution < -0.4 is 4.74 Å². The average molecular weight is 223 g/mol. The van der Waals surface area contributed by atoms with E-state index in [0.29, 0.717) is 6.04 Å². The number of ether oxygens (including phenoxy) is 1. The smallest absolute Gasteiger partial charge is 0.138 e. The van der Waals surface area contributed by atoms with Gasteiger partial charge in [-0.1, -0.05) is 17.8 Å². The lowest BCUT2D eigenvalue weighted by Gasteiger charge is -2.19. The van der Waals surface area contributed by atoms with Crippen LogP contribution >= 0.6 is 11.8 Å². The van der Waals surface area contributed by atoms with Gasteiger partial charge in [0.1, 0.15) is 11.7 Å². The first-order chi connectivity index (χ1) is 7.16. The van der Waals surface area contributed by atoms with Crippen molar-refractivity contribution in [3.8, 4) is 5.75 Å². The first-order valence-corrected chi connectivity index (χ1v) is 6.20. The van der Waals surface area contributed by atoms with E-state index in [2.05, 4.69) is 44.1 Å². The Bertz CT molecular complexity index is 351. The Morgan fingerprint density at radius 3 is 3.00 bits per heavy atom. The van der Waals surface area contributed by atoms with Gasteiger partial charge in [-0.05, 0) is 45.1 Å². The summed E-state index contributed by atoms with van der Waals surface area (Å²) in [6.07, 6.45) is 1.10. The summed E-state index contributed by atoms with van der Waals surface area (Å²) in [6.45, 7) is 2.25. The van der Waals surface area contributed by atoms with Crippen LogP contribution in [0, 0.1) is 0 Å². The number of thioether (sulfide) groups is 1. The molecule has 0 saturated carbocycles. The number of rotatable bonds is 3. The lowest BCUT2D eigenvalue weighted by molar-refractivity contribution is 0.312. The molecule has 0 spiro atoms. The third kappa shape index (κ3) is 2.47. The summed E-state index contributed by atoms with van der Waals surface area (Å²) < 4.78 is 5.46.